The number of hydrogen-bond donors (Lipinski definition) is 0. The van der Waals surface area contributed by atoms with E-state index in [0.29, 0.717) is 4.91 Å². The van der Waals surface area contributed by atoms with E-state index in [1.807, 2.05) is 78.9 Å². The van der Waals surface area contributed by atoms with E-state index in [4.69, 9.17) is 0 Å². The highest BCUT2D eigenvalue weighted by Crippen LogP contribution is 2.36. The lowest BCUT2D eigenvalue weighted by Gasteiger charge is -2.14. The first-order valence-electron chi connectivity index (χ1n) is 11.5. The summed E-state index contributed by atoms with van der Waals surface area (Å²) < 4.78 is 2.19. The van der Waals surface area contributed by atoms with Crippen LogP contribution in [-0.2, 0) is 17.9 Å². The van der Waals surface area contributed by atoms with Gasteiger partial charge in [-0.1, -0.05) is 91.0 Å². The number of benzene rings is 4. The van der Waals surface area contributed by atoms with Crippen LogP contribution in [0.2, 0.25) is 0 Å². The van der Waals surface area contributed by atoms with Crippen LogP contribution in [-0.4, -0.2) is 20.6 Å². The molecule has 1 aliphatic heterocycles. The molecule has 0 radical (unpaired) electrons. The molecule has 0 aliphatic carbocycles. The molecule has 0 spiro atoms. The van der Waals surface area contributed by atoms with E-state index in [9.17, 15) is 9.59 Å². The van der Waals surface area contributed by atoms with Crippen molar-refractivity contribution in [2.45, 2.75) is 13.1 Å². The van der Waals surface area contributed by atoms with E-state index in [2.05, 4.69) is 35.0 Å². The molecule has 170 valence electrons. The van der Waals surface area contributed by atoms with Gasteiger partial charge in [0.25, 0.3) is 11.1 Å². The molecule has 1 aromatic heterocycles. The summed E-state index contributed by atoms with van der Waals surface area (Å²) in [6.45, 7) is 0.997. The molecule has 1 saturated heterocycles. The number of nitrogens with zero attached hydrogens (tertiary/aromatic N) is 2. The fraction of sp³-hybridized carbons (Fsp3) is 0.0667. The molecule has 0 saturated carbocycles. The highest BCUT2D eigenvalue weighted by atomic mass is 32.2. The van der Waals surface area contributed by atoms with E-state index < -0.39 is 0 Å². The van der Waals surface area contributed by atoms with Crippen LogP contribution >= 0.6 is 11.8 Å². The van der Waals surface area contributed by atoms with Gasteiger partial charge in [-0.2, -0.15) is 0 Å². The van der Waals surface area contributed by atoms with Gasteiger partial charge in [-0.25, -0.2) is 0 Å². The van der Waals surface area contributed by atoms with Gasteiger partial charge in [0.05, 0.1) is 11.4 Å². The second-order valence-electron chi connectivity index (χ2n) is 8.62. The lowest BCUT2D eigenvalue weighted by molar-refractivity contribution is -0.123. The van der Waals surface area contributed by atoms with E-state index in [-0.39, 0.29) is 17.7 Å². The largest absolute Gasteiger partial charge is 0.342 e. The van der Waals surface area contributed by atoms with Crippen LogP contribution in [0.3, 0.4) is 0 Å². The first kappa shape index (κ1) is 21.4. The Bertz CT molecular complexity index is 1610. The zero-order valence-electron chi connectivity index (χ0n) is 18.9. The van der Waals surface area contributed by atoms with Crippen LogP contribution in [0.25, 0.3) is 27.8 Å². The molecule has 2 heterocycles. The molecule has 0 bridgehead atoms. The molecular weight excluding hydrogens is 452 g/mol. The molecule has 4 aromatic carbocycles. The second kappa shape index (κ2) is 8.93. The van der Waals surface area contributed by atoms with Gasteiger partial charge in [0, 0.05) is 29.2 Å². The topological polar surface area (TPSA) is 42.3 Å². The van der Waals surface area contributed by atoms with Crippen LogP contribution in [0.15, 0.2) is 108 Å². The summed E-state index contributed by atoms with van der Waals surface area (Å²) in [6, 6.07) is 32.5. The SMILES string of the molecule is O=C1S/C(=C\c2cn(Cc3ccccc3)c3ccccc23)C(=O)N1Cc1cccc2ccccc12. The smallest absolute Gasteiger partial charge is 0.293 e. The first-order valence-corrected chi connectivity index (χ1v) is 12.3. The standard InChI is InChI=1S/C30H22N2O2S/c33-29-28(35-30(34)32(29)20-23-13-8-12-22-11-4-5-14-25(22)23)17-24-19-31(18-21-9-2-1-3-10-21)27-16-7-6-15-26(24)27/h1-17,19H,18,20H2/b28-17-. The third-order valence-corrected chi connectivity index (χ3v) is 7.29. The summed E-state index contributed by atoms with van der Waals surface area (Å²) in [5.41, 5.74) is 4.20. The van der Waals surface area contributed by atoms with Crippen LogP contribution in [0, 0.1) is 0 Å². The zero-order chi connectivity index (χ0) is 23.8. The minimum atomic E-state index is -0.243. The lowest BCUT2D eigenvalue weighted by Crippen LogP contribution is -2.27. The average Bonchev–Trinajstić information content (AvgIpc) is 3.36. The van der Waals surface area contributed by atoms with Gasteiger partial charge < -0.3 is 4.57 Å². The van der Waals surface area contributed by atoms with Gasteiger partial charge in [-0.15, -0.1) is 0 Å². The highest BCUT2D eigenvalue weighted by Gasteiger charge is 2.35. The van der Waals surface area contributed by atoms with Crippen molar-refractivity contribution in [1.29, 1.82) is 0 Å². The molecule has 6 rings (SSSR count). The number of amides is 2. The molecule has 5 heteroatoms. The molecular formula is C30H22N2O2S. The molecule has 0 atom stereocenters. The number of fused-ring (bicyclic) bond motifs is 2. The molecule has 2 amide bonds. The van der Waals surface area contributed by atoms with Gasteiger partial charge in [0.1, 0.15) is 0 Å². The second-order valence-corrected chi connectivity index (χ2v) is 9.61. The average molecular weight is 475 g/mol. The van der Waals surface area contributed by atoms with Crippen molar-refractivity contribution in [1.82, 2.24) is 9.47 Å². The summed E-state index contributed by atoms with van der Waals surface area (Å²) in [4.78, 5) is 28.0. The predicted molar refractivity (Wildman–Crippen MR) is 143 cm³/mol. The number of para-hydroxylation sites is 1. The van der Waals surface area contributed by atoms with Crippen LogP contribution in [0.4, 0.5) is 4.79 Å². The summed E-state index contributed by atoms with van der Waals surface area (Å²) in [5.74, 6) is -0.243. The Morgan fingerprint density at radius 2 is 1.43 bits per heavy atom. The van der Waals surface area contributed by atoms with E-state index in [1.54, 1.807) is 0 Å². The predicted octanol–water partition coefficient (Wildman–Crippen LogP) is 7.08. The van der Waals surface area contributed by atoms with Gasteiger partial charge in [-0.3, -0.25) is 14.5 Å². The van der Waals surface area contributed by atoms with Gasteiger partial charge in [-0.05, 0) is 45.8 Å². The molecule has 4 nitrogen and oxygen atoms in total. The summed E-state index contributed by atoms with van der Waals surface area (Å²) in [7, 11) is 0. The van der Waals surface area contributed by atoms with Gasteiger partial charge >= 0.3 is 0 Å². The Kier molecular flexibility index (Phi) is 5.47. The quantitative estimate of drug-likeness (QED) is 0.256. The Morgan fingerprint density at radius 1 is 0.714 bits per heavy atom. The monoisotopic (exact) mass is 474 g/mol. The van der Waals surface area contributed by atoms with Crippen LogP contribution in [0.1, 0.15) is 16.7 Å². The Hall–Kier alpha value is -4.09. The molecule has 1 fully saturated rings. The summed E-state index contributed by atoms with van der Waals surface area (Å²) >= 11 is 1.01. The molecule has 1 aliphatic rings. The minimum Gasteiger partial charge on any atom is -0.342 e. The van der Waals surface area contributed by atoms with Crippen molar-refractivity contribution < 1.29 is 9.59 Å². The van der Waals surface area contributed by atoms with Gasteiger partial charge in [0.15, 0.2) is 0 Å². The van der Waals surface area contributed by atoms with Crippen molar-refractivity contribution >= 4 is 50.7 Å². The number of carbonyl (C=O) groups is 2. The van der Waals surface area contributed by atoms with Crippen molar-refractivity contribution in [2.24, 2.45) is 0 Å². The number of thioether (sulfide) groups is 1. The Balaban J connectivity index is 1.33. The Labute approximate surface area is 207 Å². The van der Waals surface area contributed by atoms with Crippen molar-refractivity contribution in [3.8, 4) is 0 Å². The molecule has 0 N–H and O–H groups in total. The number of aromatic nitrogens is 1. The molecule has 0 unspecified atom stereocenters. The normalized spacial score (nSPS) is 15.1. The maximum absolute atomic E-state index is 13.3. The lowest BCUT2D eigenvalue weighted by atomic mass is 10.0. The first-order chi connectivity index (χ1) is 17.2. The highest BCUT2D eigenvalue weighted by molar-refractivity contribution is 8.18. The molecule has 5 aromatic rings. The van der Waals surface area contributed by atoms with Crippen molar-refractivity contribution in [2.75, 3.05) is 0 Å². The van der Waals surface area contributed by atoms with Crippen molar-refractivity contribution in [3.63, 3.8) is 0 Å². The fourth-order valence-corrected chi connectivity index (χ4v) is 5.51. The van der Waals surface area contributed by atoms with E-state index in [1.165, 1.54) is 10.5 Å². The van der Waals surface area contributed by atoms with E-state index >= 15 is 0 Å². The minimum absolute atomic E-state index is 0.234. The number of carbonyl (C=O) groups excluding carboxylic acids is 2. The van der Waals surface area contributed by atoms with E-state index in [0.717, 1.165) is 51.1 Å². The van der Waals surface area contributed by atoms with Gasteiger partial charge in [0.2, 0.25) is 0 Å². The maximum Gasteiger partial charge on any atom is 0.293 e. The van der Waals surface area contributed by atoms with Crippen molar-refractivity contribution in [3.05, 3.63) is 125 Å². The Morgan fingerprint density at radius 3 is 2.29 bits per heavy atom. The maximum atomic E-state index is 13.3. The number of hydrogen-bond acceptors (Lipinski definition) is 3. The summed E-state index contributed by atoms with van der Waals surface area (Å²) in [5, 5.41) is 2.98. The number of imide groups is 1. The molecule has 35 heavy (non-hydrogen) atoms. The zero-order valence-corrected chi connectivity index (χ0v) is 19.7. The van der Waals surface area contributed by atoms with Crippen LogP contribution < -0.4 is 0 Å². The fourth-order valence-electron chi connectivity index (χ4n) is 4.68. The number of rotatable bonds is 5. The summed E-state index contributed by atoms with van der Waals surface area (Å²) in [6.07, 6.45) is 3.92. The third-order valence-electron chi connectivity index (χ3n) is 6.38. The third kappa shape index (κ3) is 4.04. The van der Waals surface area contributed by atoms with Crippen LogP contribution in [0.5, 0.6) is 0 Å².